The Morgan fingerprint density at radius 2 is 1.59 bits per heavy atom. The fourth-order valence-corrected chi connectivity index (χ4v) is 2.32. The topological polar surface area (TPSA) is 39.7 Å². The van der Waals surface area contributed by atoms with E-state index in [1.54, 1.807) is 0 Å². The van der Waals surface area contributed by atoms with E-state index in [1.165, 1.54) is 32.2 Å². The van der Waals surface area contributed by atoms with Gasteiger partial charge in [-0.05, 0) is 45.3 Å². The van der Waals surface area contributed by atoms with Crippen LogP contribution in [0.2, 0.25) is 0 Å². The van der Waals surface area contributed by atoms with Gasteiger partial charge in [-0.25, -0.2) is 0 Å². The van der Waals surface area contributed by atoms with Crippen molar-refractivity contribution in [1.29, 1.82) is 0 Å². The molecular weight excluding hydrogens is 387 g/mol. The first-order chi connectivity index (χ1) is 10.2. The van der Waals surface area contributed by atoms with Crippen molar-refractivity contribution in [2.45, 2.75) is 60.3 Å². The predicted octanol–water partition coefficient (Wildman–Crippen LogP) is 3.72. The average molecular weight is 426 g/mol. The molecule has 0 heterocycles. The highest BCUT2D eigenvalue weighted by atomic mass is 127. The molecular formula is C17H39IN4. The number of unbranched alkanes of at least 4 members (excludes halogenated alkanes) is 1. The van der Waals surface area contributed by atoms with Crippen LogP contribution in [0, 0.1) is 5.92 Å². The Bertz CT molecular complexity index is 251. The van der Waals surface area contributed by atoms with Crippen LogP contribution in [0.1, 0.15) is 60.3 Å². The Morgan fingerprint density at radius 1 is 0.955 bits per heavy atom. The van der Waals surface area contributed by atoms with Crippen LogP contribution in [0.3, 0.4) is 0 Å². The summed E-state index contributed by atoms with van der Waals surface area (Å²) in [4.78, 5) is 7.18. The van der Waals surface area contributed by atoms with Gasteiger partial charge in [0.15, 0.2) is 5.96 Å². The van der Waals surface area contributed by atoms with E-state index >= 15 is 0 Å². The van der Waals surface area contributed by atoms with Gasteiger partial charge in [-0.2, -0.15) is 0 Å². The molecule has 0 aliphatic heterocycles. The molecule has 0 amide bonds. The monoisotopic (exact) mass is 426 g/mol. The highest BCUT2D eigenvalue weighted by Gasteiger charge is 2.03. The predicted molar refractivity (Wildman–Crippen MR) is 110 cm³/mol. The highest BCUT2D eigenvalue weighted by molar-refractivity contribution is 14.0. The number of nitrogens with zero attached hydrogens (tertiary/aromatic N) is 2. The minimum atomic E-state index is 0. The van der Waals surface area contributed by atoms with E-state index in [4.69, 9.17) is 4.99 Å². The molecule has 0 aliphatic carbocycles. The fourth-order valence-electron chi connectivity index (χ4n) is 2.32. The normalized spacial score (nSPS) is 11.7. The summed E-state index contributed by atoms with van der Waals surface area (Å²) in [5.74, 6) is 1.69. The summed E-state index contributed by atoms with van der Waals surface area (Å²) in [7, 11) is 0. The number of hydrogen-bond acceptors (Lipinski definition) is 2. The van der Waals surface area contributed by atoms with Gasteiger partial charge in [-0.15, -0.1) is 24.0 Å². The zero-order valence-corrected chi connectivity index (χ0v) is 17.8. The molecule has 134 valence electrons. The Kier molecular flexibility index (Phi) is 19.1. The Hall–Kier alpha value is -0.0400. The SMILES string of the molecule is CCNC(=NCC(CC)CC)NCCCCN(CC)CC.I. The van der Waals surface area contributed by atoms with Crippen molar-refractivity contribution in [3.63, 3.8) is 0 Å². The third-order valence-electron chi connectivity index (χ3n) is 4.09. The van der Waals surface area contributed by atoms with Crippen molar-refractivity contribution in [3.05, 3.63) is 0 Å². The van der Waals surface area contributed by atoms with Gasteiger partial charge in [0.2, 0.25) is 0 Å². The smallest absolute Gasteiger partial charge is 0.191 e. The first-order valence-corrected chi connectivity index (χ1v) is 8.96. The van der Waals surface area contributed by atoms with Gasteiger partial charge in [-0.3, -0.25) is 4.99 Å². The third-order valence-corrected chi connectivity index (χ3v) is 4.09. The van der Waals surface area contributed by atoms with Crippen molar-refractivity contribution in [1.82, 2.24) is 15.5 Å². The zero-order chi connectivity index (χ0) is 15.9. The fraction of sp³-hybridized carbons (Fsp3) is 0.941. The van der Waals surface area contributed by atoms with Gasteiger partial charge < -0.3 is 15.5 Å². The third kappa shape index (κ3) is 12.5. The number of hydrogen-bond donors (Lipinski definition) is 2. The molecule has 0 unspecified atom stereocenters. The van der Waals surface area contributed by atoms with Crippen LogP contribution in [0.15, 0.2) is 4.99 Å². The lowest BCUT2D eigenvalue weighted by atomic mass is 10.0. The standard InChI is InChI=1S/C17H38N4.HI/c1-6-16(7-2)15-20-17(18-8-3)19-13-11-12-14-21(9-4)10-5;/h16H,6-15H2,1-5H3,(H2,18,19,20);1H. The molecule has 0 aromatic heterocycles. The van der Waals surface area contributed by atoms with E-state index in [1.807, 2.05) is 0 Å². The minimum Gasteiger partial charge on any atom is -0.357 e. The molecule has 0 rings (SSSR count). The summed E-state index contributed by atoms with van der Waals surface area (Å²) >= 11 is 0. The average Bonchev–Trinajstić information content (AvgIpc) is 2.51. The number of rotatable bonds is 12. The molecule has 4 nitrogen and oxygen atoms in total. The molecule has 0 saturated heterocycles. The first-order valence-electron chi connectivity index (χ1n) is 8.96. The summed E-state index contributed by atoms with van der Waals surface area (Å²) < 4.78 is 0. The summed E-state index contributed by atoms with van der Waals surface area (Å²) in [6.45, 7) is 17.5. The lowest BCUT2D eigenvalue weighted by Crippen LogP contribution is -2.38. The number of aliphatic imine (C=N–C) groups is 1. The maximum absolute atomic E-state index is 4.70. The van der Waals surface area contributed by atoms with Crippen LogP contribution in [0.25, 0.3) is 0 Å². The van der Waals surface area contributed by atoms with E-state index in [2.05, 4.69) is 50.2 Å². The number of nitrogens with one attached hydrogen (secondary N) is 2. The van der Waals surface area contributed by atoms with Gasteiger partial charge >= 0.3 is 0 Å². The molecule has 0 radical (unpaired) electrons. The van der Waals surface area contributed by atoms with Crippen LogP contribution < -0.4 is 10.6 Å². The molecule has 0 fully saturated rings. The van der Waals surface area contributed by atoms with Gasteiger partial charge in [0.05, 0.1) is 0 Å². The molecule has 0 aromatic carbocycles. The van der Waals surface area contributed by atoms with E-state index in [9.17, 15) is 0 Å². The maximum Gasteiger partial charge on any atom is 0.191 e. The van der Waals surface area contributed by atoms with Crippen molar-refractivity contribution in [3.8, 4) is 0 Å². The second kappa shape index (κ2) is 17.3. The van der Waals surface area contributed by atoms with Crippen LogP contribution in [0.4, 0.5) is 0 Å². The van der Waals surface area contributed by atoms with E-state index in [0.717, 1.165) is 38.7 Å². The van der Waals surface area contributed by atoms with Crippen LogP contribution in [-0.2, 0) is 0 Å². The molecule has 22 heavy (non-hydrogen) atoms. The number of guanidine groups is 1. The lowest BCUT2D eigenvalue weighted by Gasteiger charge is -2.18. The molecule has 0 aliphatic rings. The van der Waals surface area contributed by atoms with Gasteiger partial charge in [0.1, 0.15) is 0 Å². The van der Waals surface area contributed by atoms with Crippen LogP contribution >= 0.6 is 24.0 Å². The van der Waals surface area contributed by atoms with Gasteiger partial charge in [0.25, 0.3) is 0 Å². The molecule has 0 saturated carbocycles. The molecule has 0 spiro atoms. The summed E-state index contributed by atoms with van der Waals surface area (Å²) in [6.07, 6.45) is 4.87. The molecule has 5 heteroatoms. The van der Waals surface area contributed by atoms with Crippen LogP contribution in [0.5, 0.6) is 0 Å². The molecule has 0 aromatic rings. The van der Waals surface area contributed by atoms with Crippen molar-refractivity contribution in [2.75, 3.05) is 39.3 Å². The lowest BCUT2D eigenvalue weighted by molar-refractivity contribution is 0.297. The quantitative estimate of drug-likeness (QED) is 0.216. The van der Waals surface area contributed by atoms with E-state index < -0.39 is 0 Å². The first kappa shape index (κ1) is 24.2. The van der Waals surface area contributed by atoms with Crippen molar-refractivity contribution >= 4 is 29.9 Å². The Balaban J connectivity index is 0. The minimum absolute atomic E-state index is 0. The Morgan fingerprint density at radius 3 is 2.09 bits per heavy atom. The van der Waals surface area contributed by atoms with Crippen LogP contribution in [-0.4, -0.2) is 50.1 Å². The van der Waals surface area contributed by atoms with E-state index in [0.29, 0.717) is 5.92 Å². The largest absolute Gasteiger partial charge is 0.357 e. The summed E-state index contributed by atoms with van der Waals surface area (Å²) in [5.41, 5.74) is 0. The molecule has 0 atom stereocenters. The summed E-state index contributed by atoms with van der Waals surface area (Å²) in [5, 5.41) is 6.79. The molecule has 2 N–H and O–H groups in total. The maximum atomic E-state index is 4.70. The van der Waals surface area contributed by atoms with Gasteiger partial charge in [-0.1, -0.05) is 40.5 Å². The zero-order valence-electron chi connectivity index (χ0n) is 15.5. The number of halogens is 1. The van der Waals surface area contributed by atoms with Crippen molar-refractivity contribution in [2.24, 2.45) is 10.9 Å². The second-order valence-electron chi connectivity index (χ2n) is 5.56. The van der Waals surface area contributed by atoms with Crippen molar-refractivity contribution < 1.29 is 0 Å². The second-order valence-corrected chi connectivity index (χ2v) is 5.56. The highest BCUT2D eigenvalue weighted by Crippen LogP contribution is 2.07. The Labute approximate surface area is 155 Å². The summed E-state index contributed by atoms with van der Waals surface area (Å²) in [6, 6.07) is 0. The molecule has 0 bridgehead atoms. The van der Waals surface area contributed by atoms with E-state index in [-0.39, 0.29) is 24.0 Å². The van der Waals surface area contributed by atoms with Gasteiger partial charge in [0, 0.05) is 19.6 Å².